The lowest BCUT2D eigenvalue weighted by Gasteiger charge is -2.18. The minimum atomic E-state index is -0.683. The van der Waals surface area contributed by atoms with Crippen molar-refractivity contribution in [3.63, 3.8) is 0 Å². The molecule has 1 unspecified atom stereocenters. The predicted octanol–water partition coefficient (Wildman–Crippen LogP) is 5.08. The van der Waals surface area contributed by atoms with Gasteiger partial charge in [0.05, 0.1) is 6.42 Å². The number of rotatable bonds is 5. The molecule has 1 atom stereocenters. The number of hydrogen-bond donors (Lipinski definition) is 1. The quantitative estimate of drug-likeness (QED) is 0.814. The first kappa shape index (κ1) is 14.1. The summed E-state index contributed by atoms with van der Waals surface area (Å²) in [7, 11) is 0. The maximum absolute atomic E-state index is 11.1. The van der Waals surface area contributed by atoms with Gasteiger partial charge in [0.1, 0.15) is 0 Å². The summed E-state index contributed by atoms with van der Waals surface area (Å²) in [6.45, 7) is 0. The van der Waals surface area contributed by atoms with E-state index in [1.165, 1.54) is 54.1 Å². The Morgan fingerprint density at radius 2 is 1.95 bits per heavy atom. The molecule has 1 N–H and O–H groups in total. The highest BCUT2D eigenvalue weighted by atomic mass is 79.9. The molecule has 1 aromatic carbocycles. The molecule has 0 heterocycles. The molecule has 2 aliphatic carbocycles. The third-order valence-electron chi connectivity index (χ3n) is 4.83. The van der Waals surface area contributed by atoms with E-state index >= 15 is 0 Å². The normalized spacial score (nSPS) is 21.1. The minimum absolute atomic E-state index is 0.196. The van der Waals surface area contributed by atoms with Crippen LogP contribution in [-0.2, 0) is 4.79 Å². The van der Waals surface area contributed by atoms with Gasteiger partial charge >= 0.3 is 5.97 Å². The van der Waals surface area contributed by atoms with Gasteiger partial charge in [-0.1, -0.05) is 40.9 Å². The van der Waals surface area contributed by atoms with E-state index < -0.39 is 5.97 Å². The van der Waals surface area contributed by atoms with Crippen LogP contribution in [0, 0.1) is 5.92 Å². The molecule has 0 amide bonds. The zero-order valence-corrected chi connectivity index (χ0v) is 13.2. The second-order valence-electron chi connectivity index (χ2n) is 6.30. The van der Waals surface area contributed by atoms with E-state index in [1.54, 1.807) is 0 Å². The van der Waals surface area contributed by atoms with Crippen LogP contribution < -0.4 is 0 Å². The summed E-state index contributed by atoms with van der Waals surface area (Å²) in [6, 6.07) is 6.58. The van der Waals surface area contributed by atoms with Crippen molar-refractivity contribution in [1.29, 1.82) is 0 Å². The van der Waals surface area contributed by atoms with Crippen LogP contribution in [0.4, 0.5) is 0 Å². The van der Waals surface area contributed by atoms with E-state index in [9.17, 15) is 4.79 Å². The van der Waals surface area contributed by atoms with Crippen LogP contribution >= 0.6 is 15.9 Å². The number of carboxylic acid groups (broad SMARTS) is 1. The molecule has 3 heteroatoms. The van der Waals surface area contributed by atoms with E-state index in [-0.39, 0.29) is 12.3 Å². The van der Waals surface area contributed by atoms with Gasteiger partial charge in [0.25, 0.3) is 0 Å². The van der Waals surface area contributed by atoms with Crippen molar-refractivity contribution in [3.05, 3.63) is 33.8 Å². The van der Waals surface area contributed by atoms with E-state index in [2.05, 4.69) is 34.1 Å². The fourth-order valence-electron chi connectivity index (χ4n) is 3.59. The Balaban J connectivity index is 1.82. The van der Waals surface area contributed by atoms with E-state index in [1.807, 2.05) is 0 Å². The van der Waals surface area contributed by atoms with Crippen LogP contribution in [0.3, 0.4) is 0 Å². The van der Waals surface area contributed by atoms with Gasteiger partial charge in [0, 0.05) is 4.47 Å². The first-order valence-corrected chi connectivity index (χ1v) is 8.45. The standard InChI is InChI=1S/C17H21BrO2/c18-16-9-13(15(10-17(19)20)12-5-6-12)7-8-14(16)11-3-1-2-4-11/h7-9,11-12,15H,1-6,10H2,(H,19,20). The maximum Gasteiger partial charge on any atom is 0.303 e. The van der Waals surface area contributed by atoms with Crippen LogP contribution in [0.2, 0.25) is 0 Å². The Bertz CT molecular complexity index is 502. The Morgan fingerprint density at radius 1 is 1.25 bits per heavy atom. The van der Waals surface area contributed by atoms with E-state index in [0.717, 1.165) is 0 Å². The number of carbonyl (C=O) groups is 1. The lowest BCUT2D eigenvalue weighted by Crippen LogP contribution is -2.09. The van der Waals surface area contributed by atoms with Crippen molar-refractivity contribution in [2.45, 2.75) is 56.8 Å². The summed E-state index contributed by atoms with van der Waals surface area (Å²) >= 11 is 3.71. The number of carboxylic acids is 1. The van der Waals surface area contributed by atoms with Crippen LogP contribution in [0.25, 0.3) is 0 Å². The van der Waals surface area contributed by atoms with Gasteiger partial charge in [-0.15, -0.1) is 0 Å². The minimum Gasteiger partial charge on any atom is -0.481 e. The molecule has 0 aliphatic heterocycles. The predicted molar refractivity (Wildman–Crippen MR) is 83.1 cm³/mol. The van der Waals surface area contributed by atoms with Gasteiger partial charge in [-0.25, -0.2) is 0 Å². The molecule has 1 aromatic rings. The molecule has 0 saturated heterocycles. The molecule has 0 bridgehead atoms. The second kappa shape index (κ2) is 5.88. The van der Waals surface area contributed by atoms with Crippen LogP contribution in [0.15, 0.2) is 22.7 Å². The molecule has 2 saturated carbocycles. The van der Waals surface area contributed by atoms with Gasteiger partial charge < -0.3 is 5.11 Å². The van der Waals surface area contributed by atoms with Crippen molar-refractivity contribution in [3.8, 4) is 0 Å². The molecule has 0 spiro atoms. The first-order valence-electron chi connectivity index (χ1n) is 7.66. The molecule has 2 fully saturated rings. The molecule has 0 aromatic heterocycles. The van der Waals surface area contributed by atoms with Gasteiger partial charge in [-0.2, -0.15) is 0 Å². The molecule has 0 radical (unpaired) electrons. The Kier molecular flexibility index (Phi) is 4.16. The van der Waals surface area contributed by atoms with Crippen LogP contribution in [0.1, 0.15) is 67.9 Å². The molecule has 2 nitrogen and oxygen atoms in total. The lowest BCUT2D eigenvalue weighted by molar-refractivity contribution is -0.137. The summed E-state index contributed by atoms with van der Waals surface area (Å²) in [4.78, 5) is 11.1. The van der Waals surface area contributed by atoms with E-state index in [4.69, 9.17) is 5.11 Å². The van der Waals surface area contributed by atoms with Gasteiger partial charge in [0.2, 0.25) is 0 Å². The van der Waals surface area contributed by atoms with Gasteiger partial charge in [-0.3, -0.25) is 4.79 Å². The molecule has 108 valence electrons. The monoisotopic (exact) mass is 336 g/mol. The average Bonchev–Trinajstić information content (AvgIpc) is 3.11. The zero-order valence-electron chi connectivity index (χ0n) is 11.6. The first-order chi connectivity index (χ1) is 9.65. The number of halogens is 1. The summed E-state index contributed by atoms with van der Waals surface area (Å²) < 4.78 is 1.18. The fraction of sp³-hybridized carbons (Fsp3) is 0.588. The molecule has 20 heavy (non-hydrogen) atoms. The highest BCUT2D eigenvalue weighted by molar-refractivity contribution is 9.10. The smallest absolute Gasteiger partial charge is 0.303 e. The molecule has 3 rings (SSSR count). The molecular formula is C17H21BrO2. The fourth-order valence-corrected chi connectivity index (χ4v) is 4.31. The molecule has 2 aliphatic rings. The largest absolute Gasteiger partial charge is 0.481 e. The highest BCUT2D eigenvalue weighted by Gasteiger charge is 2.34. The van der Waals surface area contributed by atoms with Gasteiger partial charge in [-0.05, 0) is 60.6 Å². The maximum atomic E-state index is 11.1. The summed E-state index contributed by atoms with van der Waals surface area (Å²) in [5.41, 5.74) is 2.61. The zero-order chi connectivity index (χ0) is 14.1. The van der Waals surface area contributed by atoms with Crippen molar-refractivity contribution in [2.24, 2.45) is 5.92 Å². The van der Waals surface area contributed by atoms with Gasteiger partial charge in [0.15, 0.2) is 0 Å². The topological polar surface area (TPSA) is 37.3 Å². The highest BCUT2D eigenvalue weighted by Crippen LogP contribution is 2.46. The third-order valence-corrected chi connectivity index (χ3v) is 5.52. The Hall–Kier alpha value is -0.830. The van der Waals surface area contributed by atoms with Crippen molar-refractivity contribution in [2.75, 3.05) is 0 Å². The Labute approximate surface area is 128 Å². The SMILES string of the molecule is O=C(O)CC(c1ccc(C2CCCC2)c(Br)c1)C1CC1. The lowest BCUT2D eigenvalue weighted by atomic mass is 9.88. The van der Waals surface area contributed by atoms with E-state index in [0.29, 0.717) is 11.8 Å². The molecular weight excluding hydrogens is 316 g/mol. The van der Waals surface area contributed by atoms with Crippen LogP contribution in [-0.4, -0.2) is 11.1 Å². The second-order valence-corrected chi connectivity index (χ2v) is 7.16. The average molecular weight is 337 g/mol. The van der Waals surface area contributed by atoms with Crippen LogP contribution in [0.5, 0.6) is 0 Å². The van der Waals surface area contributed by atoms with Crippen molar-refractivity contribution < 1.29 is 9.90 Å². The Morgan fingerprint density at radius 3 is 2.50 bits per heavy atom. The summed E-state index contributed by atoms with van der Waals surface area (Å²) in [5.74, 6) is 0.784. The summed E-state index contributed by atoms with van der Waals surface area (Å²) in [5, 5.41) is 9.11. The van der Waals surface area contributed by atoms with Crippen molar-refractivity contribution >= 4 is 21.9 Å². The number of aliphatic carboxylic acids is 1. The number of benzene rings is 1. The third kappa shape index (κ3) is 3.08. The summed E-state index contributed by atoms with van der Waals surface area (Å²) in [6.07, 6.45) is 7.88. The van der Waals surface area contributed by atoms with Crippen molar-refractivity contribution in [1.82, 2.24) is 0 Å². The number of hydrogen-bond acceptors (Lipinski definition) is 1.